The predicted octanol–water partition coefficient (Wildman–Crippen LogP) is 8.04. The van der Waals surface area contributed by atoms with Gasteiger partial charge in [0, 0.05) is 32.7 Å². The van der Waals surface area contributed by atoms with Crippen molar-refractivity contribution < 1.29 is 4.74 Å². The number of benzene rings is 5. The first-order chi connectivity index (χ1) is 20.8. The summed E-state index contributed by atoms with van der Waals surface area (Å²) in [7, 11) is 0. The fourth-order valence-electron chi connectivity index (χ4n) is 6.51. The van der Waals surface area contributed by atoms with Crippen LogP contribution in [0.2, 0.25) is 0 Å². The quantitative estimate of drug-likeness (QED) is 0.228. The normalized spacial score (nSPS) is 13.1. The molecule has 0 radical (unpaired) electrons. The van der Waals surface area contributed by atoms with Gasteiger partial charge in [0.2, 0.25) is 5.95 Å². The zero-order valence-electron chi connectivity index (χ0n) is 22.8. The summed E-state index contributed by atoms with van der Waals surface area (Å²) in [5.74, 6) is 2.46. The molecule has 0 bridgehead atoms. The lowest BCUT2D eigenvalue weighted by Gasteiger charge is -2.21. The number of rotatable bonds is 3. The van der Waals surface area contributed by atoms with E-state index in [9.17, 15) is 0 Å². The maximum atomic E-state index is 6.55. The van der Waals surface area contributed by atoms with Crippen molar-refractivity contribution in [2.75, 3.05) is 0 Å². The molecular weight excluding hydrogens is 514 g/mol. The molecule has 42 heavy (non-hydrogen) atoms. The summed E-state index contributed by atoms with van der Waals surface area (Å²) in [6, 6.07) is 40.0. The molecule has 0 saturated carbocycles. The first kappa shape index (κ1) is 23.2. The first-order valence-electron chi connectivity index (χ1n) is 14.4. The van der Waals surface area contributed by atoms with E-state index in [4.69, 9.17) is 14.7 Å². The van der Waals surface area contributed by atoms with Gasteiger partial charge in [-0.25, -0.2) is 9.97 Å². The second-order valence-corrected chi connectivity index (χ2v) is 10.9. The van der Waals surface area contributed by atoms with Gasteiger partial charge in [0.05, 0.1) is 22.3 Å². The molecule has 4 nitrogen and oxygen atoms in total. The van der Waals surface area contributed by atoms with Gasteiger partial charge >= 0.3 is 0 Å². The van der Waals surface area contributed by atoms with Gasteiger partial charge in [-0.15, -0.1) is 0 Å². The Hall–Kier alpha value is -5.48. The summed E-state index contributed by atoms with van der Waals surface area (Å²) in [4.78, 5) is 10.4. The van der Waals surface area contributed by atoms with Crippen LogP contribution in [0.3, 0.4) is 0 Å². The van der Waals surface area contributed by atoms with Gasteiger partial charge in [0.15, 0.2) is 0 Å². The molecule has 0 N–H and O–H groups in total. The lowest BCUT2D eigenvalue weighted by molar-refractivity contribution is 0.488. The van der Waals surface area contributed by atoms with E-state index in [2.05, 4.69) is 120 Å². The minimum Gasteiger partial charge on any atom is -0.456 e. The Bertz CT molecular complexity index is 2260. The molecule has 2 aliphatic rings. The molecule has 0 amide bonds. The Morgan fingerprint density at radius 3 is 2.02 bits per heavy atom. The Kier molecular flexibility index (Phi) is 4.99. The van der Waals surface area contributed by atoms with Crippen LogP contribution in [0.5, 0.6) is 11.5 Å². The fourth-order valence-corrected chi connectivity index (χ4v) is 6.51. The summed E-state index contributed by atoms with van der Waals surface area (Å²) in [5.41, 5.74) is 7.28. The lowest BCUT2D eigenvalue weighted by Crippen LogP contribution is -2.31. The monoisotopic (exact) mass is 539 g/mol. The highest BCUT2D eigenvalue weighted by molar-refractivity contribution is 6.06. The van der Waals surface area contributed by atoms with E-state index in [1.807, 2.05) is 12.1 Å². The van der Waals surface area contributed by atoms with Crippen molar-refractivity contribution >= 4 is 33.8 Å². The molecule has 3 heterocycles. The highest BCUT2D eigenvalue weighted by Gasteiger charge is 2.24. The molecular formula is C38H25N3O. The van der Waals surface area contributed by atoms with Gasteiger partial charge in [0.1, 0.15) is 11.5 Å². The molecule has 9 rings (SSSR count). The third kappa shape index (κ3) is 3.48. The Labute approximate surface area is 242 Å². The minimum absolute atomic E-state index is 0.670. The zero-order valence-corrected chi connectivity index (χ0v) is 22.8. The van der Waals surface area contributed by atoms with Crippen LogP contribution in [-0.2, 0) is 0 Å². The molecule has 1 aliphatic heterocycles. The van der Waals surface area contributed by atoms with Crippen LogP contribution in [0.15, 0.2) is 115 Å². The molecule has 0 unspecified atom stereocenters. The maximum absolute atomic E-state index is 6.55. The molecule has 4 heteroatoms. The van der Waals surface area contributed by atoms with Crippen molar-refractivity contribution in [3.8, 4) is 51.1 Å². The number of nitrogens with zero attached hydrogens (tertiary/aromatic N) is 3. The second kappa shape index (κ2) is 9.02. The summed E-state index contributed by atoms with van der Waals surface area (Å²) in [5, 5.41) is 5.84. The molecule has 198 valence electrons. The second-order valence-electron chi connectivity index (χ2n) is 10.9. The molecule has 0 atom stereocenters. The third-order valence-corrected chi connectivity index (χ3v) is 8.43. The van der Waals surface area contributed by atoms with Crippen LogP contribution in [0, 0.1) is 0 Å². The molecule has 5 aromatic carbocycles. The van der Waals surface area contributed by atoms with Crippen molar-refractivity contribution in [2.24, 2.45) is 0 Å². The molecule has 7 aromatic rings. The zero-order chi connectivity index (χ0) is 27.6. The van der Waals surface area contributed by atoms with Gasteiger partial charge in [-0.1, -0.05) is 103 Å². The molecule has 1 aliphatic carbocycles. The lowest BCUT2D eigenvalue weighted by atomic mass is 9.94. The van der Waals surface area contributed by atoms with Crippen LogP contribution in [0.25, 0.3) is 73.4 Å². The maximum Gasteiger partial charge on any atom is 0.235 e. The van der Waals surface area contributed by atoms with E-state index in [0.717, 1.165) is 74.1 Å². The first-order valence-corrected chi connectivity index (χ1v) is 14.4. The Balaban J connectivity index is 1.37. The van der Waals surface area contributed by atoms with Crippen molar-refractivity contribution in [3.05, 3.63) is 126 Å². The van der Waals surface area contributed by atoms with E-state index in [0.29, 0.717) is 5.95 Å². The molecule has 0 fully saturated rings. The number of hydrogen-bond acceptors (Lipinski definition) is 3. The molecule has 0 spiro atoms. The van der Waals surface area contributed by atoms with Crippen LogP contribution in [0.1, 0.15) is 12.8 Å². The number of aromatic nitrogens is 3. The van der Waals surface area contributed by atoms with E-state index < -0.39 is 0 Å². The van der Waals surface area contributed by atoms with E-state index in [-0.39, 0.29) is 0 Å². The van der Waals surface area contributed by atoms with Crippen molar-refractivity contribution in [1.82, 2.24) is 14.5 Å². The van der Waals surface area contributed by atoms with Crippen LogP contribution in [-0.4, -0.2) is 14.5 Å². The highest BCUT2D eigenvalue weighted by atomic mass is 16.5. The molecule has 0 saturated heterocycles. The smallest absolute Gasteiger partial charge is 0.235 e. The van der Waals surface area contributed by atoms with Crippen molar-refractivity contribution in [3.63, 3.8) is 0 Å². The number of fused-ring (bicyclic) bond motifs is 5. The average Bonchev–Trinajstić information content (AvgIpc) is 3.38. The van der Waals surface area contributed by atoms with Gasteiger partial charge in [0.25, 0.3) is 0 Å². The Morgan fingerprint density at radius 2 is 1.29 bits per heavy atom. The van der Waals surface area contributed by atoms with Crippen molar-refractivity contribution in [2.45, 2.75) is 12.8 Å². The van der Waals surface area contributed by atoms with Crippen LogP contribution in [0.4, 0.5) is 0 Å². The minimum atomic E-state index is 0.670. The van der Waals surface area contributed by atoms with Gasteiger partial charge < -0.3 is 4.74 Å². The summed E-state index contributed by atoms with van der Waals surface area (Å²) in [6.45, 7) is 0. The predicted molar refractivity (Wildman–Crippen MR) is 170 cm³/mol. The summed E-state index contributed by atoms with van der Waals surface area (Å²) >= 11 is 0. The van der Waals surface area contributed by atoms with Crippen molar-refractivity contribution in [1.29, 1.82) is 0 Å². The standard InChI is InChI=1S/C38H25N3O/c1-3-11-24(12-4-1)31-23-32(25-13-5-2-6-14-25)40-38(39-31)41-33-19-8-7-17-27(33)29-22-36-30(21-34(29)41)28-18-9-15-26-16-10-20-35(42-36)37(26)28/h1-6,9-23H,7-8H2. The van der Waals surface area contributed by atoms with Gasteiger partial charge in [-0.2, -0.15) is 0 Å². The van der Waals surface area contributed by atoms with Crippen LogP contribution >= 0.6 is 0 Å². The largest absolute Gasteiger partial charge is 0.456 e. The SMILES string of the molecule is C1=c2c(n(-c3nc(-c4ccccc4)cc(-c4ccccc4)n3)c3cc4c(cc23)Oc2cccc3cccc-4c23)=CCC1. The Morgan fingerprint density at radius 1 is 0.595 bits per heavy atom. The van der Waals surface area contributed by atoms with E-state index in [1.165, 1.54) is 16.2 Å². The third-order valence-electron chi connectivity index (χ3n) is 8.43. The van der Waals surface area contributed by atoms with Gasteiger partial charge in [-0.05, 0) is 48.1 Å². The summed E-state index contributed by atoms with van der Waals surface area (Å²) in [6.07, 6.45) is 6.66. The average molecular weight is 540 g/mol. The number of hydrogen-bond donors (Lipinski definition) is 0. The van der Waals surface area contributed by atoms with E-state index in [1.54, 1.807) is 0 Å². The fraction of sp³-hybridized carbons (Fsp3) is 0.0526. The highest BCUT2D eigenvalue weighted by Crippen LogP contribution is 2.47. The molecule has 2 aromatic heterocycles. The topological polar surface area (TPSA) is 39.9 Å². The van der Waals surface area contributed by atoms with Crippen LogP contribution < -0.4 is 15.3 Å². The van der Waals surface area contributed by atoms with Gasteiger partial charge in [-0.3, -0.25) is 4.57 Å². The van der Waals surface area contributed by atoms with E-state index >= 15 is 0 Å². The number of ether oxygens (including phenoxy) is 1. The summed E-state index contributed by atoms with van der Waals surface area (Å²) < 4.78 is 8.80.